The number of aryl methyl sites for hydroxylation is 1. The second kappa shape index (κ2) is 8.47. The molecule has 1 atom stereocenters. The third-order valence-corrected chi connectivity index (χ3v) is 7.58. The maximum Gasteiger partial charge on any atom is 0.262 e. The summed E-state index contributed by atoms with van der Waals surface area (Å²) in [4.78, 5) is 29.3. The summed E-state index contributed by atoms with van der Waals surface area (Å²) in [6.45, 7) is 3.40. The average Bonchev–Trinajstić information content (AvgIpc) is 3.55. The number of benzene rings is 1. The number of likely N-dealkylation sites (tertiary alicyclic amines) is 1. The van der Waals surface area contributed by atoms with Gasteiger partial charge in [-0.2, -0.15) is 0 Å². The fourth-order valence-corrected chi connectivity index (χ4v) is 6.00. The molecule has 1 saturated heterocycles. The van der Waals surface area contributed by atoms with Crippen LogP contribution in [0.3, 0.4) is 0 Å². The second-order valence-corrected chi connectivity index (χ2v) is 9.56. The molecule has 5 rings (SSSR count). The summed E-state index contributed by atoms with van der Waals surface area (Å²) < 4.78 is 3.58. The molecule has 4 aromatic rings. The topological polar surface area (TPSA) is 72.5 Å². The van der Waals surface area contributed by atoms with Gasteiger partial charge < -0.3 is 4.90 Å². The Bertz CT molecular complexity index is 1290. The van der Waals surface area contributed by atoms with Crippen molar-refractivity contribution in [2.75, 3.05) is 12.3 Å². The summed E-state index contributed by atoms with van der Waals surface area (Å²) in [6.07, 6.45) is 2.86. The van der Waals surface area contributed by atoms with Gasteiger partial charge >= 0.3 is 0 Å². The van der Waals surface area contributed by atoms with Gasteiger partial charge in [-0.25, -0.2) is 0 Å². The molecule has 1 fully saturated rings. The molecule has 9 heteroatoms. The standard InChI is InChI=1S/C22H23N5O2S2/c1-2-11-26-20(29)15-7-3-4-8-16(15)27-21(26)23-24-22(27)31-14-19(28)25-12-5-9-17(25)18-10-6-13-30-18/h3-4,6-8,10,13,17H,2,5,9,11-12,14H2,1H3. The van der Waals surface area contributed by atoms with Gasteiger partial charge in [-0.05, 0) is 42.8 Å². The first-order valence-electron chi connectivity index (χ1n) is 10.5. The van der Waals surface area contributed by atoms with Crippen molar-refractivity contribution in [2.45, 2.75) is 43.9 Å². The minimum Gasteiger partial charge on any atom is -0.334 e. The summed E-state index contributed by atoms with van der Waals surface area (Å²) in [5.74, 6) is 0.936. The first-order valence-corrected chi connectivity index (χ1v) is 12.4. The van der Waals surface area contributed by atoms with Gasteiger partial charge in [0, 0.05) is 18.0 Å². The molecule has 7 nitrogen and oxygen atoms in total. The first kappa shape index (κ1) is 20.3. The molecule has 1 aliphatic rings. The van der Waals surface area contributed by atoms with E-state index in [-0.39, 0.29) is 17.5 Å². The molecule has 31 heavy (non-hydrogen) atoms. The maximum absolute atomic E-state index is 13.1. The monoisotopic (exact) mass is 453 g/mol. The Balaban J connectivity index is 1.46. The largest absolute Gasteiger partial charge is 0.334 e. The Hall–Kier alpha value is -2.65. The Morgan fingerprint density at radius 3 is 2.90 bits per heavy atom. The molecule has 0 bridgehead atoms. The number of amides is 1. The van der Waals surface area contributed by atoms with Gasteiger partial charge in [0.2, 0.25) is 11.7 Å². The molecular formula is C22H23N5O2S2. The first-order chi connectivity index (χ1) is 15.2. The minimum absolute atomic E-state index is 0.0548. The third-order valence-electron chi connectivity index (χ3n) is 5.69. The average molecular weight is 454 g/mol. The number of thiophene rings is 1. The van der Waals surface area contributed by atoms with Crippen molar-refractivity contribution in [1.82, 2.24) is 24.1 Å². The number of fused-ring (bicyclic) bond motifs is 3. The van der Waals surface area contributed by atoms with E-state index >= 15 is 0 Å². The van der Waals surface area contributed by atoms with Gasteiger partial charge in [-0.3, -0.25) is 18.6 Å². The summed E-state index contributed by atoms with van der Waals surface area (Å²) in [5, 5.41) is 12.0. The lowest BCUT2D eigenvalue weighted by atomic mass is 10.2. The number of thioether (sulfide) groups is 1. The van der Waals surface area contributed by atoms with Crippen molar-refractivity contribution in [3.8, 4) is 0 Å². The molecule has 0 spiro atoms. The van der Waals surface area contributed by atoms with E-state index in [0.717, 1.165) is 31.3 Å². The van der Waals surface area contributed by atoms with E-state index in [1.807, 2.05) is 46.6 Å². The fraction of sp³-hybridized carbons (Fsp3) is 0.364. The number of nitrogens with zero attached hydrogens (tertiary/aromatic N) is 5. The molecule has 0 saturated carbocycles. The number of rotatable bonds is 6. The molecule has 1 amide bonds. The number of aromatic nitrogens is 4. The van der Waals surface area contributed by atoms with E-state index in [2.05, 4.69) is 21.6 Å². The number of carbonyl (C=O) groups excluding carboxylic acids is 1. The van der Waals surface area contributed by atoms with Crippen LogP contribution in [0.25, 0.3) is 16.7 Å². The quantitative estimate of drug-likeness (QED) is 0.413. The maximum atomic E-state index is 13.1. The molecule has 0 aliphatic carbocycles. The molecule has 160 valence electrons. The third kappa shape index (κ3) is 3.55. The van der Waals surface area contributed by atoms with Crippen LogP contribution in [0.4, 0.5) is 0 Å². The molecule has 1 aliphatic heterocycles. The molecule has 1 unspecified atom stereocenters. The van der Waals surface area contributed by atoms with Crippen LogP contribution in [0, 0.1) is 0 Å². The zero-order valence-electron chi connectivity index (χ0n) is 17.2. The predicted molar refractivity (Wildman–Crippen MR) is 124 cm³/mol. The van der Waals surface area contributed by atoms with Crippen molar-refractivity contribution < 1.29 is 4.79 Å². The Labute approximate surface area is 187 Å². The predicted octanol–water partition coefficient (Wildman–Crippen LogP) is 3.97. The van der Waals surface area contributed by atoms with Crippen molar-refractivity contribution in [3.05, 3.63) is 57.0 Å². The van der Waals surface area contributed by atoms with Gasteiger partial charge in [0.15, 0.2) is 5.16 Å². The van der Waals surface area contributed by atoms with E-state index in [1.165, 1.54) is 16.6 Å². The van der Waals surface area contributed by atoms with Crippen LogP contribution >= 0.6 is 23.1 Å². The van der Waals surface area contributed by atoms with Gasteiger partial charge in [0.05, 0.1) is 22.7 Å². The van der Waals surface area contributed by atoms with Crippen LogP contribution in [0.5, 0.6) is 0 Å². The molecule has 1 aromatic carbocycles. The number of carbonyl (C=O) groups is 1. The number of para-hydroxylation sites is 1. The second-order valence-electron chi connectivity index (χ2n) is 7.64. The highest BCUT2D eigenvalue weighted by Crippen LogP contribution is 2.35. The summed E-state index contributed by atoms with van der Waals surface area (Å²) in [5.41, 5.74) is 0.716. The van der Waals surface area contributed by atoms with Crippen molar-refractivity contribution in [1.29, 1.82) is 0 Å². The number of hydrogen-bond acceptors (Lipinski definition) is 6. The summed E-state index contributed by atoms with van der Waals surface area (Å²) in [7, 11) is 0. The minimum atomic E-state index is -0.0548. The van der Waals surface area contributed by atoms with Gasteiger partial charge in [-0.1, -0.05) is 36.9 Å². The van der Waals surface area contributed by atoms with E-state index in [0.29, 0.717) is 28.6 Å². The van der Waals surface area contributed by atoms with E-state index in [9.17, 15) is 9.59 Å². The van der Waals surface area contributed by atoms with Gasteiger partial charge in [-0.15, -0.1) is 21.5 Å². The van der Waals surface area contributed by atoms with Crippen LogP contribution in [-0.4, -0.2) is 42.3 Å². The van der Waals surface area contributed by atoms with Gasteiger partial charge in [0.25, 0.3) is 5.56 Å². The molecular weight excluding hydrogens is 430 g/mol. The van der Waals surface area contributed by atoms with Crippen molar-refractivity contribution in [3.63, 3.8) is 0 Å². The van der Waals surface area contributed by atoms with Crippen molar-refractivity contribution in [2.24, 2.45) is 0 Å². The summed E-state index contributed by atoms with van der Waals surface area (Å²) in [6, 6.07) is 11.8. The highest BCUT2D eigenvalue weighted by Gasteiger charge is 2.30. The summed E-state index contributed by atoms with van der Waals surface area (Å²) >= 11 is 3.09. The van der Waals surface area contributed by atoms with Crippen LogP contribution < -0.4 is 5.56 Å². The van der Waals surface area contributed by atoms with Gasteiger partial charge in [0.1, 0.15) is 0 Å². The Morgan fingerprint density at radius 1 is 1.23 bits per heavy atom. The lowest BCUT2D eigenvalue weighted by Crippen LogP contribution is -2.31. The van der Waals surface area contributed by atoms with E-state index in [1.54, 1.807) is 15.9 Å². The van der Waals surface area contributed by atoms with Crippen molar-refractivity contribution >= 4 is 45.7 Å². The SMILES string of the molecule is CCCn1c(=O)c2ccccc2n2c(SCC(=O)N3CCCC3c3cccs3)nnc12. The number of hydrogen-bond donors (Lipinski definition) is 0. The molecule has 0 N–H and O–H groups in total. The van der Waals surface area contributed by atoms with Crippen LogP contribution in [0.15, 0.2) is 51.7 Å². The van der Waals surface area contributed by atoms with Crippen LogP contribution in [-0.2, 0) is 11.3 Å². The van der Waals surface area contributed by atoms with Crippen LogP contribution in [0.1, 0.15) is 37.1 Å². The normalized spacial score (nSPS) is 16.5. The highest BCUT2D eigenvalue weighted by molar-refractivity contribution is 7.99. The molecule has 0 radical (unpaired) electrons. The van der Waals surface area contributed by atoms with E-state index < -0.39 is 0 Å². The highest BCUT2D eigenvalue weighted by atomic mass is 32.2. The Morgan fingerprint density at radius 2 is 2.10 bits per heavy atom. The molecule has 4 heterocycles. The lowest BCUT2D eigenvalue weighted by Gasteiger charge is -2.23. The Kier molecular flexibility index (Phi) is 5.54. The smallest absolute Gasteiger partial charge is 0.262 e. The van der Waals surface area contributed by atoms with E-state index in [4.69, 9.17) is 0 Å². The lowest BCUT2D eigenvalue weighted by molar-refractivity contribution is -0.129. The zero-order valence-corrected chi connectivity index (χ0v) is 18.9. The van der Waals surface area contributed by atoms with Crippen LogP contribution in [0.2, 0.25) is 0 Å². The molecule has 3 aromatic heterocycles. The zero-order chi connectivity index (χ0) is 21.4. The fourth-order valence-electron chi connectivity index (χ4n) is 4.30.